The van der Waals surface area contributed by atoms with E-state index in [1.165, 1.54) is 23.1 Å². The van der Waals surface area contributed by atoms with E-state index in [0.717, 1.165) is 42.6 Å². The Labute approximate surface area is 151 Å². The third-order valence-electron chi connectivity index (χ3n) is 4.17. The van der Waals surface area contributed by atoms with Crippen LogP contribution in [0.4, 0.5) is 0 Å². The standard InChI is InChI=1S/C16H25N3O3S2/c1-3-7-18(4-2)10-12-5-6-14(20)19(12)8-9-23-16-17-13(11-24-16)15(21)22/h11-12H,3-10H2,1-2H3,(H,21,22)/t12-/m1/s1. The molecule has 1 aromatic heterocycles. The van der Waals surface area contributed by atoms with Gasteiger partial charge in [0.1, 0.15) is 0 Å². The molecule has 2 heterocycles. The second-order valence-electron chi connectivity index (χ2n) is 5.83. The summed E-state index contributed by atoms with van der Waals surface area (Å²) in [7, 11) is 0. The lowest BCUT2D eigenvalue weighted by molar-refractivity contribution is -0.128. The normalized spacial score (nSPS) is 17.9. The number of rotatable bonds is 10. The zero-order valence-electron chi connectivity index (χ0n) is 14.2. The van der Waals surface area contributed by atoms with Crippen molar-refractivity contribution in [3.63, 3.8) is 0 Å². The van der Waals surface area contributed by atoms with Crippen molar-refractivity contribution < 1.29 is 14.7 Å². The minimum Gasteiger partial charge on any atom is -0.476 e. The highest BCUT2D eigenvalue weighted by molar-refractivity contribution is 8.01. The van der Waals surface area contributed by atoms with Crippen molar-refractivity contribution in [2.24, 2.45) is 0 Å². The Hall–Kier alpha value is -1.12. The molecule has 1 atom stereocenters. The Morgan fingerprint density at radius 2 is 2.33 bits per heavy atom. The highest BCUT2D eigenvalue weighted by Gasteiger charge is 2.31. The number of thiazole rings is 1. The van der Waals surface area contributed by atoms with Crippen molar-refractivity contribution in [3.8, 4) is 0 Å². The fraction of sp³-hybridized carbons (Fsp3) is 0.688. The average molecular weight is 372 g/mol. The van der Waals surface area contributed by atoms with E-state index in [4.69, 9.17) is 5.11 Å². The number of hydrogen-bond acceptors (Lipinski definition) is 6. The van der Waals surface area contributed by atoms with E-state index in [0.29, 0.717) is 19.0 Å². The second kappa shape index (κ2) is 9.39. The summed E-state index contributed by atoms with van der Waals surface area (Å²) in [4.78, 5) is 31.5. The molecule has 0 aromatic carbocycles. The SMILES string of the molecule is CCCN(CC)C[C@H]1CCC(=O)N1CCSc1nc(C(=O)O)cs1. The predicted molar refractivity (Wildman–Crippen MR) is 96.9 cm³/mol. The highest BCUT2D eigenvalue weighted by atomic mass is 32.2. The lowest BCUT2D eigenvalue weighted by Crippen LogP contribution is -2.43. The van der Waals surface area contributed by atoms with Crippen molar-refractivity contribution in [1.29, 1.82) is 0 Å². The van der Waals surface area contributed by atoms with E-state index >= 15 is 0 Å². The zero-order valence-corrected chi connectivity index (χ0v) is 15.9. The number of carbonyl (C=O) groups is 2. The van der Waals surface area contributed by atoms with Crippen LogP contribution in [0.15, 0.2) is 9.72 Å². The van der Waals surface area contributed by atoms with E-state index in [2.05, 4.69) is 23.7 Å². The largest absolute Gasteiger partial charge is 0.476 e. The third kappa shape index (κ3) is 5.19. The molecule has 0 spiro atoms. The molecule has 1 aliphatic heterocycles. The molecule has 1 amide bonds. The molecule has 0 unspecified atom stereocenters. The van der Waals surface area contributed by atoms with Gasteiger partial charge in [0.25, 0.3) is 0 Å². The van der Waals surface area contributed by atoms with Crippen LogP contribution in [0, 0.1) is 0 Å². The van der Waals surface area contributed by atoms with Crippen LogP contribution >= 0.6 is 23.1 Å². The van der Waals surface area contributed by atoms with Gasteiger partial charge in [0, 0.05) is 36.7 Å². The van der Waals surface area contributed by atoms with Gasteiger partial charge in [-0.05, 0) is 25.9 Å². The van der Waals surface area contributed by atoms with Gasteiger partial charge in [0.15, 0.2) is 10.0 Å². The molecule has 8 heteroatoms. The molecule has 0 aliphatic carbocycles. The number of aromatic carboxylic acids is 1. The monoisotopic (exact) mass is 371 g/mol. The fourth-order valence-corrected chi connectivity index (χ4v) is 4.75. The van der Waals surface area contributed by atoms with E-state index < -0.39 is 5.97 Å². The van der Waals surface area contributed by atoms with Crippen molar-refractivity contribution >= 4 is 35.0 Å². The quantitative estimate of drug-likeness (QED) is 0.638. The molecule has 0 radical (unpaired) electrons. The molecule has 0 saturated carbocycles. The first-order valence-electron chi connectivity index (χ1n) is 8.38. The Bertz CT molecular complexity index is 565. The zero-order chi connectivity index (χ0) is 17.5. The summed E-state index contributed by atoms with van der Waals surface area (Å²) in [6.45, 7) is 8.06. The predicted octanol–water partition coefficient (Wildman–Crippen LogP) is 2.66. The van der Waals surface area contributed by atoms with Crippen molar-refractivity contribution in [2.45, 2.75) is 43.5 Å². The number of nitrogens with zero attached hydrogens (tertiary/aromatic N) is 3. The van der Waals surface area contributed by atoms with Crippen LogP contribution in [0.25, 0.3) is 0 Å². The molecule has 1 saturated heterocycles. The summed E-state index contributed by atoms with van der Waals surface area (Å²) in [5, 5.41) is 10.4. The third-order valence-corrected chi connectivity index (χ3v) is 6.17. The molecular formula is C16H25N3O3S2. The number of hydrogen-bond donors (Lipinski definition) is 1. The average Bonchev–Trinajstić information content (AvgIpc) is 3.16. The fourth-order valence-electron chi connectivity index (χ4n) is 2.94. The number of aromatic nitrogens is 1. The molecule has 1 fully saturated rings. The van der Waals surface area contributed by atoms with Gasteiger partial charge < -0.3 is 14.9 Å². The van der Waals surface area contributed by atoms with Gasteiger partial charge in [-0.2, -0.15) is 0 Å². The Balaban J connectivity index is 1.84. The summed E-state index contributed by atoms with van der Waals surface area (Å²) in [6, 6.07) is 0.301. The molecule has 2 rings (SSSR count). The van der Waals surface area contributed by atoms with Crippen LogP contribution in [0.1, 0.15) is 43.6 Å². The summed E-state index contributed by atoms with van der Waals surface area (Å²) < 4.78 is 0.747. The minimum atomic E-state index is -0.997. The van der Waals surface area contributed by atoms with Gasteiger partial charge >= 0.3 is 5.97 Å². The topological polar surface area (TPSA) is 73.7 Å². The van der Waals surface area contributed by atoms with Crippen LogP contribution in [-0.4, -0.2) is 69.7 Å². The van der Waals surface area contributed by atoms with Crippen LogP contribution < -0.4 is 0 Å². The maximum absolute atomic E-state index is 12.2. The first-order valence-corrected chi connectivity index (χ1v) is 10.2. The molecule has 1 N–H and O–H groups in total. The van der Waals surface area contributed by atoms with Gasteiger partial charge in [-0.1, -0.05) is 25.6 Å². The number of amides is 1. The molecule has 134 valence electrons. The number of likely N-dealkylation sites (tertiary alicyclic amines) is 1. The molecule has 6 nitrogen and oxygen atoms in total. The van der Waals surface area contributed by atoms with E-state index in [9.17, 15) is 9.59 Å². The maximum atomic E-state index is 12.2. The van der Waals surface area contributed by atoms with Crippen molar-refractivity contribution in [2.75, 3.05) is 31.9 Å². The Morgan fingerprint density at radius 1 is 1.54 bits per heavy atom. The van der Waals surface area contributed by atoms with E-state index in [-0.39, 0.29) is 11.6 Å². The lowest BCUT2D eigenvalue weighted by atomic mass is 10.2. The lowest BCUT2D eigenvalue weighted by Gasteiger charge is -2.30. The first kappa shape index (κ1) is 19.2. The Kier molecular flexibility index (Phi) is 7.51. The van der Waals surface area contributed by atoms with Gasteiger partial charge in [-0.3, -0.25) is 4.79 Å². The molecule has 24 heavy (non-hydrogen) atoms. The smallest absolute Gasteiger partial charge is 0.355 e. The molecule has 1 aromatic rings. The maximum Gasteiger partial charge on any atom is 0.355 e. The summed E-state index contributed by atoms with van der Waals surface area (Å²) in [5.41, 5.74) is 0.0933. The highest BCUT2D eigenvalue weighted by Crippen LogP contribution is 2.25. The molecular weight excluding hydrogens is 346 g/mol. The van der Waals surface area contributed by atoms with Crippen LogP contribution in [0.5, 0.6) is 0 Å². The summed E-state index contributed by atoms with van der Waals surface area (Å²) in [6.07, 6.45) is 2.70. The summed E-state index contributed by atoms with van der Waals surface area (Å²) in [5.74, 6) is -0.0173. The number of carboxylic acid groups (broad SMARTS) is 1. The van der Waals surface area contributed by atoms with Crippen LogP contribution in [-0.2, 0) is 4.79 Å². The number of carboxylic acids is 1. The Morgan fingerprint density at radius 3 is 2.96 bits per heavy atom. The molecule has 1 aliphatic rings. The number of thioether (sulfide) groups is 1. The van der Waals surface area contributed by atoms with Crippen LogP contribution in [0.2, 0.25) is 0 Å². The van der Waals surface area contributed by atoms with Crippen molar-refractivity contribution in [1.82, 2.24) is 14.8 Å². The number of likely N-dealkylation sites (N-methyl/N-ethyl adjacent to an activating group) is 1. The van der Waals surface area contributed by atoms with E-state index in [1.54, 1.807) is 5.38 Å². The van der Waals surface area contributed by atoms with Crippen LogP contribution in [0.3, 0.4) is 0 Å². The van der Waals surface area contributed by atoms with Gasteiger partial charge in [0.05, 0.1) is 0 Å². The summed E-state index contributed by atoms with van der Waals surface area (Å²) >= 11 is 2.86. The minimum absolute atomic E-state index is 0.0933. The van der Waals surface area contributed by atoms with Gasteiger partial charge in [-0.25, -0.2) is 9.78 Å². The van der Waals surface area contributed by atoms with Crippen molar-refractivity contribution in [3.05, 3.63) is 11.1 Å². The van der Waals surface area contributed by atoms with E-state index in [1.807, 2.05) is 4.90 Å². The van der Waals surface area contributed by atoms with Gasteiger partial charge in [-0.15, -0.1) is 11.3 Å². The number of carbonyl (C=O) groups excluding carboxylic acids is 1. The van der Waals surface area contributed by atoms with Gasteiger partial charge in [0.2, 0.25) is 5.91 Å². The first-order chi connectivity index (χ1) is 11.5. The second-order valence-corrected chi connectivity index (χ2v) is 8.03. The molecule has 0 bridgehead atoms.